The fourth-order valence-electron chi connectivity index (χ4n) is 1.81. The second-order valence-corrected chi connectivity index (χ2v) is 5.32. The molecule has 0 unspecified atom stereocenters. The Labute approximate surface area is 117 Å². The highest BCUT2D eigenvalue weighted by atomic mass is 32.2. The Morgan fingerprint density at radius 3 is 3.16 bits per heavy atom. The summed E-state index contributed by atoms with van der Waals surface area (Å²) in [6.45, 7) is 2.93. The van der Waals surface area contributed by atoms with Crippen LogP contribution in [0, 0.1) is 0 Å². The number of rotatable bonds is 7. The molecule has 5 heteroatoms. The van der Waals surface area contributed by atoms with Crippen LogP contribution >= 0.6 is 11.8 Å². The minimum absolute atomic E-state index is 0.0776. The molecule has 0 aliphatic heterocycles. The number of thioether (sulfide) groups is 1. The van der Waals surface area contributed by atoms with Gasteiger partial charge in [0.05, 0.1) is 17.5 Å². The van der Waals surface area contributed by atoms with Gasteiger partial charge in [-0.15, -0.1) is 0 Å². The van der Waals surface area contributed by atoms with Gasteiger partial charge in [0, 0.05) is 12.7 Å². The summed E-state index contributed by atoms with van der Waals surface area (Å²) in [5, 5.41) is 3.79. The highest BCUT2D eigenvalue weighted by Gasteiger charge is 2.06. The van der Waals surface area contributed by atoms with Gasteiger partial charge in [-0.1, -0.05) is 37.6 Å². The van der Waals surface area contributed by atoms with E-state index >= 15 is 0 Å². The van der Waals surface area contributed by atoms with E-state index in [1.165, 1.54) is 18.2 Å². The standard InChI is InChI=1S/C14H19N3OS/c1-2-3-5-8-15-13(18)11-19-14-16-10-12-7-4-6-9-17(12)14/h4,6-7,9-10H,2-3,5,8,11H2,1H3,(H,15,18). The maximum Gasteiger partial charge on any atom is 0.230 e. The molecule has 0 aliphatic rings. The Bertz CT molecular complexity index is 538. The van der Waals surface area contributed by atoms with Crippen molar-refractivity contribution in [3.8, 4) is 0 Å². The van der Waals surface area contributed by atoms with E-state index in [9.17, 15) is 4.79 Å². The SMILES string of the molecule is CCCCCNC(=O)CSc1ncc2ccccn12. The van der Waals surface area contributed by atoms with Crippen molar-refractivity contribution < 1.29 is 4.79 Å². The van der Waals surface area contributed by atoms with Gasteiger partial charge in [-0.25, -0.2) is 4.98 Å². The first-order valence-corrected chi connectivity index (χ1v) is 7.61. The van der Waals surface area contributed by atoms with Crippen LogP contribution in [-0.2, 0) is 4.79 Å². The lowest BCUT2D eigenvalue weighted by molar-refractivity contribution is -0.118. The van der Waals surface area contributed by atoms with Crippen LogP contribution in [0.4, 0.5) is 0 Å². The molecule has 0 bridgehead atoms. The largest absolute Gasteiger partial charge is 0.355 e. The van der Waals surface area contributed by atoms with Crippen LogP contribution in [0.3, 0.4) is 0 Å². The third-order valence-electron chi connectivity index (χ3n) is 2.84. The molecule has 0 aromatic carbocycles. The minimum Gasteiger partial charge on any atom is -0.355 e. The number of hydrogen-bond acceptors (Lipinski definition) is 3. The zero-order valence-electron chi connectivity index (χ0n) is 11.1. The van der Waals surface area contributed by atoms with Gasteiger partial charge in [0.1, 0.15) is 0 Å². The Morgan fingerprint density at radius 1 is 1.42 bits per heavy atom. The average Bonchev–Trinajstić information content (AvgIpc) is 2.85. The Morgan fingerprint density at radius 2 is 2.32 bits per heavy atom. The lowest BCUT2D eigenvalue weighted by Crippen LogP contribution is -2.26. The van der Waals surface area contributed by atoms with Gasteiger partial charge in [0.25, 0.3) is 0 Å². The monoisotopic (exact) mass is 277 g/mol. The van der Waals surface area contributed by atoms with Crippen molar-refractivity contribution >= 4 is 23.2 Å². The van der Waals surface area contributed by atoms with Gasteiger partial charge in [-0.2, -0.15) is 0 Å². The summed E-state index contributed by atoms with van der Waals surface area (Å²) in [4.78, 5) is 16.0. The van der Waals surface area contributed by atoms with Crippen LogP contribution < -0.4 is 5.32 Å². The molecule has 0 fully saturated rings. The van der Waals surface area contributed by atoms with E-state index in [1.54, 1.807) is 0 Å². The molecule has 0 spiro atoms. The van der Waals surface area contributed by atoms with Gasteiger partial charge in [-0.05, 0) is 18.6 Å². The molecular weight excluding hydrogens is 258 g/mol. The quantitative estimate of drug-likeness (QED) is 0.625. The van der Waals surface area contributed by atoms with Gasteiger partial charge >= 0.3 is 0 Å². The second kappa shape index (κ2) is 7.19. The molecule has 1 N–H and O–H groups in total. The molecule has 0 radical (unpaired) electrons. The molecule has 102 valence electrons. The zero-order valence-corrected chi connectivity index (χ0v) is 11.9. The number of fused-ring (bicyclic) bond motifs is 1. The number of amides is 1. The molecule has 0 atom stereocenters. The van der Waals surface area contributed by atoms with Crippen molar-refractivity contribution in [1.82, 2.24) is 14.7 Å². The van der Waals surface area contributed by atoms with Gasteiger partial charge in [0.2, 0.25) is 5.91 Å². The molecule has 19 heavy (non-hydrogen) atoms. The predicted octanol–water partition coefficient (Wildman–Crippen LogP) is 2.73. The fourth-order valence-corrected chi connectivity index (χ4v) is 2.60. The summed E-state index contributed by atoms with van der Waals surface area (Å²) in [6, 6.07) is 5.94. The van der Waals surface area contributed by atoms with Crippen LogP contribution in [0.15, 0.2) is 35.7 Å². The van der Waals surface area contributed by atoms with Gasteiger partial charge in [0.15, 0.2) is 5.16 Å². The van der Waals surface area contributed by atoms with E-state index in [2.05, 4.69) is 17.2 Å². The summed E-state index contributed by atoms with van der Waals surface area (Å²) in [7, 11) is 0. The smallest absolute Gasteiger partial charge is 0.230 e. The molecule has 2 heterocycles. The Kier molecular flexibility index (Phi) is 5.27. The average molecular weight is 277 g/mol. The lowest BCUT2D eigenvalue weighted by Gasteiger charge is -2.04. The molecule has 1 amide bonds. The number of unbranched alkanes of at least 4 members (excludes halogenated alkanes) is 2. The first-order chi connectivity index (χ1) is 9.31. The second-order valence-electron chi connectivity index (χ2n) is 4.38. The molecule has 0 saturated carbocycles. The van der Waals surface area contributed by atoms with E-state index in [1.807, 2.05) is 35.0 Å². The van der Waals surface area contributed by atoms with Crippen molar-refractivity contribution in [3.63, 3.8) is 0 Å². The molecule has 2 aromatic heterocycles. The van der Waals surface area contributed by atoms with Crippen LogP contribution in [0.2, 0.25) is 0 Å². The van der Waals surface area contributed by atoms with Crippen LogP contribution in [0.5, 0.6) is 0 Å². The third-order valence-corrected chi connectivity index (χ3v) is 3.81. The van der Waals surface area contributed by atoms with E-state index in [4.69, 9.17) is 0 Å². The van der Waals surface area contributed by atoms with Crippen LogP contribution in [0.25, 0.3) is 5.52 Å². The van der Waals surface area contributed by atoms with E-state index < -0.39 is 0 Å². The number of carbonyl (C=O) groups excluding carboxylic acids is 1. The number of carbonyl (C=O) groups is 1. The number of hydrogen-bond donors (Lipinski definition) is 1. The van der Waals surface area contributed by atoms with Crippen LogP contribution in [-0.4, -0.2) is 27.6 Å². The van der Waals surface area contributed by atoms with E-state index in [-0.39, 0.29) is 5.91 Å². The number of nitrogens with zero attached hydrogens (tertiary/aromatic N) is 2. The fraction of sp³-hybridized carbons (Fsp3) is 0.429. The van der Waals surface area contributed by atoms with Gasteiger partial charge in [-0.3, -0.25) is 9.20 Å². The molecular formula is C14H19N3OS. The number of aromatic nitrogens is 2. The molecule has 4 nitrogen and oxygen atoms in total. The number of nitrogens with one attached hydrogen (secondary N) is 1. The number of imidazole rings is 1. The van der Waals surface area contributed by atoms with Crippen LogP contribution in [0.1, 0.15) is 26.2 Å². The minimum atomic E-state index is 0.0776. The lowest BCUT2D eigenvalue weighted by atomic mass is 10.2. The normalized spacial score (nSPS) is 10.8. The van der Waals surface area contributed by atoms with Gasteiger partial charge < -0.3 is 5.32 Å². The maximum absolute atomic E-state index is 11.7. The Balaban J connectivity index is 1.80. The van der Waals surface area contributed by atoms with Crippen molar-refractivity contribution in [2.24, 2.45) is 0 Å². The predicted molar refractivity (Wildman–Crippen MR) is 78.5 cm³/mol. The summed E-state index contributed by atoms with van der Waals surface area (Å²) < 4.78 is 2.00. The van der Waals surface area contributed by atoms with Crippen molar-refractivity contribution in [1.29, 1.82) is 0 Å². The van der Waals surface area contributed by atoms with E-state index in [0.717, 1.165) is 30.1 Å². The number of pyridine rings is 1. The van der Waals surface area contributed by atoms with E-state index in [0.29, 0.717) is 5.75 Å². The summed E-state index contributed by atoms with van der Waals surface area (Å²) in [5.74, 6) is 0.494. The summed E-state index contributed by atoms with van der Waals surface area (Å²) in [5.41, 5.74) is 1.05. The highest BCUT2D eigenvalue weighted by Crippen LogP contribution is 2.17. The molecule has 0 aliphatic carbocycles. The first-order valence-electron chi connectivity index (χ1n) is 6.63. The Hall–Kier alpha value is -1.49. The third kappa shape index (κ3) is 3.99. The zero-order chi connectivity index (χ0) is 13.5. The molecule has 2 rings (SSSR count). The summed E-state index contributed by atoms with van der Waals surface area (Å²) in [6.07, 6.45) is 7.17. The van der Waals surface area contributed by atoms with Crippen molar-refractivity contribution in [2.75, 3.05) is 12.3 Å². The molecule has 2 aromatic rings. The topological polar surface area (TPSA) is 46.4 Å². The highest BCUT2D eigenvalue weighted by molar-refractivity contribution is 7.99. The maximum atomic E-state index is 11.7. The van der Waals surface area contributed by atoms with Crippen molar-refractivity contribution in [3.05, 3.63) is 30.6 Å². The van der Waals surface area contributed by atoms with Crippen molar-refractivity contribution in [2.45, 2.75) is 31.3 Å². The molecule has 0 saturated heterocycles. The summed E-state index contributed by atoms with van der Waals surface area (Å²) >= 11 is 1.47. The first kappa shape index (κ1) is 13.9.